The van der Waals surface area contributed by atoms with Crippen LogP contribution in [-0.2, 0) is 10.8 Å². The van der Waals surface area contributed by atoms with Crippen molar-refractivity contribution in [1.29, 1.82) is 0 Å². The summed E-state index contributed by atoms with van der Waals surface area (Å²) < 4.78 is 12.2. The second-order valence-electron chi connectivity index (χ2n) is 4.23. The van der Waals surface area contributed by atoms with Crippen LogP contribution < -0.4 is 0 Å². The molecule has 0 saturated heterocycles. The van der Waals surface area contributed by atoms with Crippen LogP contribution in [0.1, 0.15) is 25.3 Å². The summed E-state index contributed by atoms with van der Waals surface area (Å²) >= 11 is 0. The molecule has 0 amide bonds. The monoisotopic (exact) mass is 232 g/mol. The molecule has 2 rings (SSSR count). The fourth-order valence-corrected chi connectivity index (χ4v) is 2.86. The van der Waals surface area contributed by atoms with Crippen molar-refractivity contribution in [2.45, 2.75) is 31.6 Å². The molecule has 84 valence electrons. The summed E-state index contributed by atoms with van der Waals surface area (Å²) in [4.78, 5) is 1.94. The maximum Gasteiger partial charge on any atom is 0.0808 e. The van der Waals surface area contributed by atoms with E-state index in [1.807, 2.05) is 37.3 Å². The zero-order valence-corrected chi connectivity index (χ0v) is 10.5. The van der Waals surface area contributed by atoms with Gasteiger partial charge in [0.2, 0.25) is 0 Å². The molecular formula is C14H16OS. The lowest BCUT2D eigenvalue weighted by Gasteiger charge is -2.11. The van der Waals surface area contributed by atoms with E-state index in [-0.39, 0.29) is 0 Å². The maximum absolute atomic E-state index is 12.2. The molecular weight excluding hydrogens is 216 g/mol. The van der Waals surface area contributed by atoms with Crippen LogP contribution in [-0.4, -0.2) is 4.21 Å². The van der Waals surface area contributed by atoms with Gasteiger partial charge in [-0.3, -0.25) is 0 Å². The van der Waals surface area contributed by atoms with Crippen LogP contribution in [0.2, 0.25) is 0 Å². The smallest absolute Gasteiger partial charge is 0.0808 e. The predicted molar refractivity (Wildman–Crippen MR) is 68.7 cm³/mol. The Morgan fingerprint density at radius 2 is 1.69 bits per heavy atom. The van der Waals surface area contributed by atoms with E-state index in [0.717, 1.165) is 22.6 Å². The molecule has 16 heavy (non-hydrogen) atoms. The van der Waals surface area contributed by atoms with E-state index in [1.54, 1.807) is 0 Å². The lowest BCUT2D eigenvalue weighted by molar-refractivity contribution is 0.684. The first-order chi connectivity index (χ1) is 7.66. The van der Waals surface area contributed by atoms with Gasteiger partial charge in [0.15, 0.2) is 0 Å². The molecule has 1 atom stereocenters. The average Bonchev–Trinajstić information content (AvgIpc) is 2.30. The standard InChI is InChI=1S/C14H16OS/c1-11-3-7-13(8-4-11)16(15)14-9-5-12(2)6-10-14/h3-5,7-9H,6,10H2,1-2H3. The van der Waals surface area contributed by atoms with E-state index in [2.05, 4.69) is 13.0 Å². The Bertz CT molecular complexity index is 466. The van der Waals surface area contributed by atoms with Crippen molar-refractivity contribution in [3.05, 3.63) is 52.5 Å². The number of hydrogen-bond acceptors (Lipinski definition) is 1. The highest BCUT2D eigenvalue weighted by Crippen LogP contribution is 2.24. The normalized spacial score (nSPS) is 17.6. The summed E-state index contributed by atoms with van der Waals surface area (Å²) in [5.74, 6) is 0. The van der Waals surface area contributed by atoms with Gasteiger partial charge in [0.25, 0.3) is 0 Å². The molecule has 1 aliphatic rings. The molecule has 0 aliphatic heterocycles. The van der Waals surface area contributed by atoms with E-state index in [0.29, 0.717) is 0 Å². The highest BCUT2D eigenvalue weighted by molar-refractivity contribution is 7.89. The number of aryl methyl sites for hydroxylation is 1. The van der Waals surface area contributed by atoms with E-state index in [4.69, 9.17) is 0 Å². The van der Waals surface area contributed by atoms with Gasteiger partial charge < -0.3 is 0 Å². The summed E-state index contributed by atoms with van der Waals surface area (Å²) in [6.07, 6.45) is 6.03. The molecule has 0 saturated carbocycles. The van der Waals surface area contributed by atoms with E-state index in [1.165, 1.54) is 11.1 Å². The molecule has 1 aromatic carbocycles. The van der Waals surface area contributed by atoms with Crippen molar-refractivity contribution < 1.29 is 4.21 Å². The Kier molecular flexibility index (Phi) is 3.39. The van der Waals surface area contributed by atoms with Crippen LogP contribution in [0, 0.1) is 6.92 Å². The number of rotatable bonds is 2. The van der Waals surface area contributed by atoms with Crippen LogP contribution in [0.5, 0.6) is 0 Å². The first-order valence-electron chi connectivity index (χ1n) is 5.51. The van der Waals surface area contributed by atoms with E-state index < -0.39 is 10.8 Å². The zero-order valence-electron chi connectivity index (χ0n) is 9.69. The summed E-state index contributed by atoms with van der Waals surface area (Å²) in [5, 5.41) is 0. The second-order valence-corrected chi connectivity index (χ2v) is 5.76. The molecule has 2 heteroatoms. The van der Waals surface area contributed by atoms with Crippen molar-refractivity contribution in [3.8, 4) is 0 Å². The van der Waals surface area contributed by atoms with Crippen molar-refractivity contribution >= 4 is 10.8 Å². The molecule has 1 aromatic rings. The second kappa shape index (κ2) is 4.79. The number of benzene rings is 1. The fourth-order valence-electron chi connectivity index (χ4n) is 1.69. The van der Waals surface area contributed by atoms with Crippen LogP contribution >= 0.6 is 0 Å². The minimum absolute atomic E-state index is 0.907. The quantitative estimate of drug-likeness (QED) is 0.759. The Morgan fingerprint density at radius 1 is 1.00 bits per heavy atom. The molecule has 1 aliphatic carbocycles. The highest BCUT2D eigenvalue weighted by Gasteiger charge is 2.12. The Hall–Kier alpha value is -1.15. The summed E-state index contributed by atoms with van der Waals surface area (Å²) in [5.41, 5.74) is 2.57. The fraction of sp³-hybridized carbons (Fsp3) is 0.286. The van der Waals surface area contributed by atoms with Crippen LogP contribution in [0.15, 0.2) is 51.8 Å². The van der Waals surface area contributed by atoms with Gasteiger partial charge in [-0.25, -0.2) is 4.21 Å². The highest BCUT2D eigenvalue weighted by atomic mass is 32.2. The molecule has 0 radical (unpaired) electrons. The summed E-state index contributed by atoms with van der Waals surface area (Å²) in [7, 11) is -0.977. The van der Waals surface area contributed by atoms with Gasteiger partial charge in [-0.2, -0.15) is 0 Å². The lowest BCUT2D eigenvalue weighted by Crippen LogP contribution is -1.99. The zero-order chi connectivity index (χ0) is 11.5. The third-order valence-corrected chi connectivity index (χ3v) is 4.31. The largest absolute Gasteiger partial charge is 0.249 e. The van der Waals surface area contributed by atoms with Crippen molar-refractivity contribution in [2.24, 2.45) is 0 Å². The van der Waals surface area contributed by atoms with Gasteiger partial charge in [0, 0.05) is 9.80 Å². The number of hydrogen-bond donors (Lipinski definition) is 0. The summed E-state index contributed by atoms with van der Waals surface area (Å²) in [6.45, 7) is 4.15. The van der Waals surface area contributed by atoms with Gasteiger partial charge in [-0.15, -0.1) is 0 Å². The van der Waals surface area contributed by atoms with Crippen molar-refractivity contribution in [1.82, 2.24) is 0 Å². The van der Waals surface area contributed by atoms with Crippen LogP contribution in [0.3, 0.4) is 0 Å². The number of allylic oxidation sites excluding steroid dienone is 4. The molecule has 0 spiro atoms. The third-order valence-electron chi connectivity index (χ3n) is 2.79. The molecule has 0 heterocycles. The van der Waals surface area contributed by atoms with Crippen molar-refractivity contribution in [2.75, 3.05) is 0 Å². The molecule has 0 aromatic heterocycles. The first kappa shape index (κ1) is 11.3. The molecule has 0 bridgehead atoms. The minimum atomic E-state index is -0.977. The first-order valence-corrected chi connectivity index (χ1v) is 6.66. The van der Waals surface area contributed by atoms with Gasteiger partial charge in [-0.05, 0) is 44.9 Å². The molecule has 0 fully saturated rings. The predicted octanol–water partition coefficient (Wildman–Crippen LogP) is 3.73. The SMILES string of the molecule is CC1=CC=C(S(=O)c2ccc(C)cc2)CC1. The summed E-state index contributed by atoms with van der Waals surface area (Å²) in [6, 6.07) is 7.93. The van der Waals surface area contributed by atoms with Gasteiger partial charge >= 0.3 is 0 Å². The molecule has 1 unspecified atom stereocenters. The third kappa shape index (κ3) is 2.50. The lowest BCUT2D eigenvalue weighted by atomic mass is 10.1. The maximum atomic E-state index is 12.2. The Morgan fingerprint density at radius 3 is 2.25 bits per heavy atom. The molecule has 1 nitrogen and oxygen atoms in total. The van der Waals surface area contributed by atoms with E-state index in [9.17, 15) is 4.21 Å². The van der Waals surface area contributed by atoms with Crippen molar-refractivity contribution in [3.63, 3.8) is 0 Å². The Balaban J connectivity index is 2.23. The van der Waals surface area contributed by atoms with Crippen LogP contribution in [0.4, 0.5) is 0 Å². The Labute approximate surface area is 99.3 Å². The topological polar surface area (TPSA) is 17.1 Å². The van der Waals surface area contributed by atoms with Gasteiger partial charge in [0.1, 0.15) is 0 Å². The van der Waals surface area contributed by atoms with Crippen LogP contribution in [0.25, 0.3) is 0 Å². The minimum Gasteiger partial charge on any atom is -0.249 e. The molecule has 0 N–H and O–H groups in total. The van der Waals surface area contributed by atoms with E-state index >= 15 is 0 Å². The average molecular weight is 232 g/mol. The van der Waals surface area contributed by atoms with Gasteiger partial charge in [-0.1, -0.05) is 29.3 Å². The van der Waals surface area contributed by atoms with Gasteiger partial charge in [0.05, 0.1) is 10.8 Å².